The van der Waals surface area contributed by atoms with Gasteiger partial charge >= 0.3 is 0 Å². The summed E-state index contributed by atoms with van der Waals surface area (Å²) >= 11 is 0. The monoisotopic (exact) mass is 316 g/mol. The van der Waals surface area contributed by atoms with Gasteiger partial charge in [0.15, 0.2) is 0 Å². The molecule has 21 heavy (non-hydrogen) atoms. The molecule has 7 heteroatoms. The molecule has 0 saturated carbocycles. The minimum absolute atomic E-state index is 0.145. The van der Waals surface area contributed by atoms with E-state index in [1.54, 1.807) is 32.2 Å². The molecule has 120 valence electrons. The molecule has 0 amide bonds. The predicted molar refractivity (Wildman–Crippen MR) is 81.8 cm³/mol. The second-order valence-corrected chi connectivity index (χ2v) is 6.56. The number of hydrogen-bond donors (Lipinski definition) is 1. The number of hydrogen-bond acceptors (Lipinski definition) is 5. The van der Waals surface area contributed by atoms with Gasteiger partial charge in [-0.25, -0.2) is 8.42 Å². The lowest BCUT2D eigenvalue weighted by Crippen LogP contribution is -2.41. The fraction of sp³-hybridized carbons (Fsp3) is 0.571. The van der Waals surface area contributed by atoms with Gasteiger partial charge in [-0.05, 0) is 24.6 Å². The zero-order valence-electron chi connectivity index (χ0n) is 13.0. The Morgan fingerprint density at radius 2 is 2.00 bits per heavy atom. The summed E-state index contributed by atoms with van der Waals surface area (Å²) in [5.74, 6) is 0.306. The molecule has 0 heterocycles. The molecule has 1 atom stereocenters. The number of ether oxygens (including phenoxy) is 2. The van der Waals surface area contributed by atoms with Crippen molar-refractivity contribution in [3.8, 4) is 5.75 Å². The van der Waals surface area contributed by atoms with Gasteiger partial charge in [0.05, 0.1) is 13.7 Å². The van der Waals surface area contributed by atoms with Crippen LogP contribution in [0.1, 0.15) is 19.4 Å². The lowest BCUT2D eigenvalue weighted by atomic mass is 10.2. The first-order chi connectivity index (χ1) is 9.92. The summed E-state index contributed by atoms with van der Waals surface area (Å²) in [6.45, 7) is 4.62. The van der Waals surface area contributed by atoms with Crippen molar-refractivity contribution >= 4 is 10.0 Å². The van der Waals surface area contributed by atoms with Gasteiger partial charge in [-0.15, -0.1) is 0 Å². The largest absolute Gasteiger partial charge is 0.495 e. The van der Waals surface area contributed by atoms with E-state index in [1.165, 1.54) is 11.4 Å². The number of methoxy groups -OCH3 is 2. The van der Waals surface area contributed by atoms with Crippen LogP contribution in [-0.4, -0.2) is 46.1 Å². The first kappa shape index (κ1) is 17.9. The summed E-state index contributed by atoms with van der Waals surface area (Å²) in [6.07, 6.45) is 0. The van der Waals surface area contributed by atoms with Crippen molar-refractivity contribution in [1.82, 2.24) is 4.31 Å². The van der Waals surface area contributed by atoms with Gasteiger partial charge in [0.2, 0.25) is 10.0 Å². The van der Waals surface area contributed by atoms with E-state index in [1.807, 2.05) is 6.92 Å². The molecule has 6 nitrogen and oxygen atoms in total. The van der Waals surface area contributed by atoms with Crippen LogP contribution in [0.4, 0.5) is 0 Å². The third-order valence-corrected chi connectivity index (χ3v) is 5.39. The minimum Gasteiger partial charge on any atom is -0.495 e. The maximum atomic E-state index is 12.8. The quantitative estimate of drug-likeness (QED) is 0.779. The van der Waals surface area contributed by atoms with Crippen LogP contribution in [-0.2, 0) is 21.3 Å². The molecule has 1 unspecified atom stereocenters. The molecule has 1 rings (SSSR count). The Morgan fingerprint density at radius 3 is 2.48 bits per heavy atom. The van der Waals surface area contributed by atoms with E-state index in [-0.39, 0.29) is 10.9 Å². The SMILES string of the molecule is CCN(C(C)COC)S(=O)(=O)c1ccc(CN)cc1OC. The third kappa shape index (κ3) is 3.94. The van der Waals surface area contributed by atoms with Crippen LogP contribution < -0.4 is 10.5 Å². The molecular formula is C14H24N2O4S. The van der Waals surface area contributed by atoms with Gasteiger partial charge in [-0.2, -0.15) is 4.31 Å². The van der Waals surface area contributed by atoms with E-state index < -0.39 is 10.0 Å². The molecule has 1 aromatic rings. The number of rotatable bonds is 8. The van der Waals surface area contributed by atoms with Crippen molar-refractivity contribution in [2.24, 2.45) is 5.73 Å². The van der Waals surface area contributed by atoms with Crippen molar-refractivity contribution < 1.29 is 17.9 Å². The average molecular weight is 316 g/mol. The number of benzene rings is 1. The smallest absolute Gasteiger partial charge is 0.247 e. The Kier molecular flexibility index (Phi) is 6.60. The molecule has 0 saturated heterocycles. The molecular weight excluding hydrogens is 292 g/mol. The Labute approximate surface area is 126 Å². The van der Waals surface area contributed by atoms with E-state index in [9.17, 15) is 8.42 Å². The van der Waals surface area contributed by atoms with Crippen LogP contribution in [0, 0.1) is 0 Å². The van der Waals surface area contributed by atoms with Gasteiger partial charge in [0, 0.05) is 26.2 Å². The summed E-state index contributed by atoms with van der Waals surface area (Å²) in [6, 6.07) is 4.63. The van der Waals surface area contributed by atoms with Crippen molar-refractivity contribution in [3.63, 3.8) is 0 Å². The van der Waals surface area contributed by atoms with Crippen LogP contribution in [0.2, 0.25) is 0 Å². The lowest BCUT2D eigenvalue weighted by molar-refractivity contribution is 0.142. The number of nitrogens with two attached hydrogens (primary N) is 1. The summed E-state index contributed by atoms with van der Waals surface area (Å²) in [7, 11) is -0.656. The van der Waals surface area contributed by atoms with Crippen LogP contribution in [0.15, 0.2) is 23.1 Å². The highest BCUT2D eigenvalue weighted by molar-refractivity contribution is 7.89. The maximum absolute atomic E-state index is 12.8. The van der Waals surface area contributed by atoms with Gasteiger partial charge < -0.3 is 15.2 Å². The molecule has 0 aromatic heterocycles. The van der Waals surface area contributed by atoms with Crippen LogP contribution in [0.5, 0.6) is 5.75 Å². The molecule has 0 aliphatic carbocycles. The fourth-order valence-electron chi connectivity index (χ4n) is 2.22. The number of sulfonamides is 1. The van der Waals surface area contributed by atoms with Gasteiger partial charge in [0.1, 0.15) is 10.6 Å². The van der Waals surface area contributed by atoms with Gasteiger partial charge in [0.25, 0.3) is 0 Å². The summed E-state index contributed by atoms with van der Waals surface area (Å²) in [4.78, 5) is 0.145. The Balaban J connectivity index is 3.28. The molecule has 0 radical (unpaired) electrons. The van der Waals surface area contributed by atoms with Crippen molar-refractivity contribution in [1.29, 1.82) is 0 Å². The Morgan fingerprint density at radius 1 is 1.33 bits per heavy atom. The zero-order valence-corrected chi connectivity index (χ0v) is 13.8. The molecule has 0 aliphatic heterocycles. The highest BCUT2D eigenvalue weighted by atomic mass is 32.2. The number of nitrogens with zero attached hydrogens (tertiary/aromatic N) is 1. The molecule has 0 aliphatic rings. The molecule has 0 spiro atoms. The second-order valence-electron chi connectivity index (χ2n) is 4.70. The molecule has 1 aromatic carbocycles. The van der Waals surface area contributed by atoms with E-state index in [2.05, 4.69) is 0 Å². The van der Waals surface area contributed by atoms with E-state index in [0.717, 1.165) is 5.56 Å². The van der Waals surface area contributed by atoms with E-state index in [0.29, 0.717) is 25.4 Å². The first-order valence-corrected chi connectivity index (χ1v) is 8.24. The van der Waals surface area contributed by atoms with Gasteiger partial charge in [-0.3, -0.25) is 0 Å². The highest BCUT2D eigenvalue weighted by Crippen LogP contribution is 2.28. The average Bonchev–Trinajstić information content (AvgIpc) is 2.47. The zero-order chi connectivity index (χ0) is 16.0. The van der Waals surface area contributed by atoms with Crippen LogP contribution in [0.25, 0.3) is 0 Å². The normalized spacial score (nSPS) is 13.4. The number of likely N-dealkylation sites (N-methyl/N-ethyl adjacent to an activating group) is 1. The summed E-state index contributed by atoms with van der Waals surface area (Å²) < 4.78 is 37.3. The second kappa shape index (κ2) is 7.74. The highest BCUT2D eigenvalue weighted by Gasteiger charge is 2.30. The van der Waals surface area contributed by atoms with Crippen molar-refractivity contribution in [2.45, 2.75) is 31.3 Å². The maximum Gasteiger partial charge on any atom is 0.247 e. The van der Waals surface area contributed by atoms with E-state index in [4.69, 9.17) is 15.2 Å². The van der Waals surface area contributed by atoms with Gasteiger partial charge in [-0.1, -0.05) is 13.0 Å². The molecule has 2 N–H and O–H groups in total. The first-order valence-electron chi connectivity index (χ1n) is 6.80. The molecule has 0 bridgehead atoms. The fourth-order valence-corrected chi connectivity index (χ4v) is 3.98. The molecule has 0 fully saturated rings. The van der Waals surface area contributed by atoms with Crippen LogP contribution in [0.3, 0.4) is 0 Å². The lowest BCUT2D eigenvalue weighted by Gasteiger charge is -2.27. The Bertz CT molecular complexity index is 560. The Hall–Kier alpha value is -1.15. The third-order valence-electron chi connectivity index (χ3n) is 3.26. The van der Waals surface area contributed by atoms with E-state index >= 15 is 0 Å². The predicted octanol–water partition coefficient (Wildman–Crippen LogP) is 1.20. The minimum atomic E-state index is -3.65. The standard InChI is InChI=1S/C14H24N2O4S/c1-5-16(11(2)10-19-3)21(17,18)14-7-6-12(9-15)8-13(14)20-4/h6-8,11H,5,9-10,15H2,1-4H3. The van der Waals surface area contributed by atoms with Crippen LogP contribution >= 0.6 is 0 Å². The summed E-state index contributed by atoms with van der Waals surface area (Å²) in [5.41, 5.74) is 6.39. The van der Waals surface area contributed by atoms with Crippen molar-refractivity contribution in [2.75, 3.05) is 27.4 Å². The summed E-state index contributed by atoms with van der Waals surface area (Å²) in [5, 5.41) is 0. The topological polar surface area (TPSA) is 81.9 Å². The van der Waals surface area contributed by atoms with Crippen molar-refractivity contribution in [3.05, 3.63) is 23.8 Å².